The van der Waals surface area contributed by atoms with Gasteiger partial charge in [-0.2, -0.15) is 5.10 Å². The summed E-state index contributed by atoms with van der Waals surface area (Å²) in [6, 6.07) is 8.00. The van der Waals surface area contributed by atoms with Crippen LogP contribution in [0.4, 0.5) is 0 Å². The lowest BCUT2D eigenvalue weighted by molar-refractivity contribution is -0.145. The maximum absolute atomic E-state index is 12.1. The number of amides is 2. The Morgan fingerprint density at radius 3 is 2.17 bits per heavy atom. The fourth-order valence-corrected chi connectivity index (χ4v) is 2.70. The zero-order chi connectivity index (χ0) is 17.6. The summed E-state index contributed by atoms with van der Waals surface area (Å²) in [5.41, 5.74) is 4.55. The van der Waals surface area contributed by atoms with Crippen molar-refractivity contribution in [2.24, 2.45) is 5.10 Å². The minimum absolute atomic E-state index is 0.101. The van der Waals surface area contributed by atoms with E-state index in [4.69, 9.17) is 0 Å². The number of carbonyl (C=O) groups is 2. The number of likely N-dealkylation sites (tertiary alicyclic amines) is 1. The molecular formula is C19H27N3O2. The summed E-state index contributed by atoms with van der Waals surface area (Å²) in [5.74, 6) is -1.16. The third kappa shape index (κ3) is 5.18. The third-order valence-corrected chi connectivity index (χ3v) is 4.24. The zero-order valence-electron chi connectivity index (χ0n) is 14.8. The topological polar surface area (TPSA) is 61.8 Å². The van der Waals surface area contributed by atoms with E-state index < -0.39 is 11.8 Å². The molecule has 1 N–H and O–H groups in total. The van der Waals surface area contributed by atoms with Crippen molar-refractivity contribution in [3.05, 3.63) is 35.4 Å². The lowest BCUT2D eigenvalue weighted by atomic mass is 9.87. The predicted molar refractivity (Wildman–Crippen MR) is 95.9 cm³/mol. The van der Waals surface area contributed by atoms with Gasteiger partial charge in [0.2, 0.25) is 0 Å². The summed E-state index contributed by atoms with van der Waals surface area (Å²) in [5, 5.41) is 3.90. The highest BCUT2D eigenvalue weighted by Crippen LogP contribution is 2.21. The Morgan fingerprint density at radius 2 is 1.62 bits per heavy atom. The smallest absolute Gasteiger partial charge is 0.329 e. The van der Waals surface area contributed by atoms with Crippen LogP contribution in [0.1, 0.15) is 57.6 Å². The van der Waals surface area contributed by atoms with E-state index in [1.165, 1.54) is 5.56 Å². The molecule has 1 aromatic carbocycles. The van der Waals surface area contributed by atoms with Gasteiger partial charge in [0.15, 0.2) is 0 Å². The molecule has 0 spiro atoms. The molecule has 0 atom stereocenters. The molecule has 0 bridgehead atoms. The number of nitrogens with zero attached hydrogens (tertiary/aromatic N) is 2. The van der Waals surface area contributed by atoms with Gasteiger partial charge < -0.3 is 4.90 Å². The molecule has 1 aliphatic heterocycles. The normalized spacial score (nSPS) is 16.0. The Kier molecular flexibility index (Phi) is 6.12. The number of rotatable bonds is 2. The minimum atomic E-state index is -0.667. The van der Waals surface area contributed by atoms with E-state index in [0.717, 1.165) is 31.2 Å². The van der Waals surface area contributed by atoms with Crippen molar-refractivity contribution in [1.82, 2.24) is 10.3 Å². The average Bonchev–Trinajstić information content (AvgIpc) is 2.83. The first-order valence-electron chi connectivity index (χ1n) is 8.61. The number of benzene rings is 1. The van der Waals surface area contributed by atoms with Crippen molar-refractivity contribution >= 4 is 18.0 Å². The van der Waals surface area contributed by atoms with Gasteiger partial charge in [-0.25, -0.2) is 5.43 Å². The van der Waals surface area contributed by atoms with Gasteiger partial charge in [-0.3, -0.25) is 9.59 Å². The van der Waals surface area contributed by atoms with Gasteiger partial charge in [0.05, 0.1) is 6.21 Å². The van der Waals surface area contributed by atoms with E-state index in [9.17, 15) is 9.59 Å². The molecule has 2 amide bonds. The summed E-state index contributed by atoms with van der Waals surface area (Å²) in [4.78, 5) is 25.6. The summed E-state index contributed by atoms with van der Waals surface area (Å²) in [6.45, 7) is 7.79. The van der Waals surface area contributed by atoms with Crippen LogP contribution in [0.15, 0.2) is 29.4 Å². The van der Waals surface area contributed by atoms with Crippen molar-refractivity contribution in [3.8, 4) is 0 Å². The van der Waals surface area contributed by atoms with Crippen LogP contribution in [0.3, 0.4) is 0 Å². The second-order valence-corrected chi connectivity index (χ2v) is 7.28. The van der Waals surface area contributed by atoms with Gasteiger partial charge in [0.1, 0.15) is 0 Å². The molecule has 0 aromatic heterocycles. The molecule has 0 aliphatic carbocycles. The Hall–Kier alpha value is -2.17. The first-order valence-corrected chi connectivity index (χ1v) is 8.61. The molecule has 0 radical (unpaired) electrons. The van der Waals surface area contributed by atoms with Gasteiger partial charge in [-0.05, 0) is 29.4 Å². The quantitative estimate of drug-likeness (QED) is 0.515. The van der Waals surface area contributed by atoms with Gasteiger partial charge in [-0.15, -0.1) is 0 Å². The van der Waals surface area contributed by atoms with E-state index >= 15 is 0 Å². The zero-order valence-corrected chi connectivity index (χ0v) is 14.8. The standard InChI is InChI=1S/C19H27N3O2/c1-19(2,3)16-10-8-15(9-11-16)14-20-21-17(23)18(24)22-12-6-4-5-7-13-22/h8-11,14H,4-7,12-13H2,1-3H3,(H,21,23)/b20-14-. The number of hydrogen-bond donors (Lipinski definition) is 1. The van der Waals surface area contributed by atoms with E-state index in [1.807, 2.05) is 24.3 Å². The van der Waals surface area contributed by atoms with Crippen molar-refractivity contribution in [2.45, 2.75) is 51.9 Å². The summed E-state index contributed by atoms with van der Waals surface area (Å²) in [6.07, 6.45) is 5.72. The van der Waals surface area contributed by atoms with Crippen LogP contribution >= 0.6 is 0 Å². The minimum Gasteiger partial charge on any atom is -0.334 e. The van der Waals surface area contributed by atoms with Crippen molar-refractivity contribution in [1.29, 1.82) is 0 Å². The fourth-order valence-electron chi connectivity index (χ4n) is 2.70. The average molecular weight is 329 g/mol. The van der Waals surface area contributed by atoms with Crippen LogP contribution in [0.5, 0.6) is 0 Å². The molecule has 1 aromatic rings. The monoisotopic (exact) mass is 329 g/mol. The Balaban J connectivity index is 1.88. The van der Waals surface area contributed by atoms with Crippen molar-refractivity contribution in [3.63, 3.8) is 0 Å². The molecule has 5 nitrogen and oxygen atoms in total. The maximum atomic E-state index is 12.1. The number of hydrogen-bond acceptors (Lipinski definition) is 3. The molecule has 1 aliphatic rings. The lowest BCUT2D eigenvalue weighted by Gasteiger charge is -2.19. The highest BCUT2D eigenvalue weighted by Gasteiger charge is 2.22. The summed E-state index contributed by atoms with van der Waals surface area (Å²) >= 11 is 0. The van der Waals surface area contributed by atoms with E-state index in [2.05, 4.69) is 31.3 Å². The molecule has 1 saturated heterocycles. The van der Waals surface area contributed by atoms with Gasteiger partial charge >= 0.3 is 11.8 Å². The Morgan fingerprint density at radius 1 is 1.04 bits per heavy atom. The molecular weight excluding hydrogens is 302 g/mol. The van der Waals surface area contributed by atoms with Gasteiger partial charge in [0, 0.05) is 13.1 Å². The molecule has 0 unspecified atom stereocenters. The predicted octanol–water partition coefficient (Wildman–Crippen LogP) is 2.84. The van der Waals surface area contributed by atoms with Crippen LogP contribution in [0.25, 0.3) is 0 Å². The summed E-state index contributed by atoms with van der Waals surface area (Å²) in [7, 11) is 0. The van der Waals surface area contributed by atoms with E-state index in [0.29, 0.717) is 13.1 Å². The van der Waals surface area contributed by atoms with Crippen LogP contribution in [-0.4, -0.2) is 36.0 Å². The Labute approximate surface area is 144 Å². The van der Waals surface area contributed by atoms with Crippen LogP contribution in [-0.2, 0) is 15.0 Å². The lowest BCUT2D eigenvalue weighted by Crippen LogP contribution is -2.41. The molecule has 0 saturated carbocycles. The SMILES string of the molecule is CC(C)(C)c1ccc(/C=N\NC(=O)C(=O)N2CCCCCC2)cc1. The third-order valence-electron chi connectivity index (χ3n) is 4.24. The number of hydrazone groups is 1. The first kappa shape index (κ1) is 18.2. The molecule has 24 heavy (non-hydrogen) atoms. The molecule has 1 heterocycles. The highest BCUT2D eigenvalue weighted by atomic mass is 16.2. The molecule has 2 rings (SSSR count). The van der Waals surface area contributed by atoms with Crippen LogP contribution < -0.4 is 5.43 Å². The maximum Gasteiger partial charge on any atom is 0.329 e. The van der Waals surface area contributed by atoms with E-state index in [-0.39, 0.29) is 5.41 Å². The number of nitrogens with one attached hydrogen (secondary N) is 1. The van der Waals surface area contributed by atoms with E-state index in [1.54, 1.807) is 11.1 Å². The molecule has 5 heteroatoms. The van der Waals surface area contributed by atoms with Crippen molar-refractivity contribution in [2.75, 3.05) is 13.1 Å². The second kappa shape index (κ2) is 8.08. The summed E-state index contributed by atoms with van der Waals surface area (Å²) < 4.78 is 0. The first-order chi connectivity index (χ1) is 11.4. The van der Waals surface area contributed by atoms with Gasteiger partial charge in [-0.1, -0.05) is 57.9 Å². The fraction of sp³-hybridized carbons (Fsp3) is 0.526. The number of carbonyl (C=O) groups excluding carboxylic acids is 2. The second-order valence-electron chi connectivity index (χ2n) is 7.28. The Bertz CT molecular complexity index is 592. The van der Waals surface area contributed by atoms with Crippen LogP contribution in [0, 0.1) is 0 Å². The van der Waals surface area contributed by atoms with Crippen molar-refractivity contribution < 1.29 is 9.59 Å². The van der Waals surface area contributed by atoms with Crippen LogP contribution in [0.2, 0.25) is 0 Å². The van der Waals surface area contributed by atoms with Gasteiger partial charge in [0.25, 0.3) is 0 Å². The largest absolute Gasteiger partial charge is 0.334 e. The molecule has 130 valence electrons. The molecule has 1 fully saturated rings. The highest BCUT2D eigenvalue weighted by molar-refractivity contribution is 6.35.